The van der Waals surface area contributed by atoms with E-state index in [2.05, 4.69) is 20.5 Å². The molecule has 140 valence electrons. The average molecular weight is 372 g/mol. The standard InChI is InChI=1S/C21H20N6O/c28-21(26-11-4-1-5-12-26)15-7-6-8-16(13-15)27-14-19(23-25-27)20-17-9-2-3-10-18(17)22-24-20/h2-3,6-10,13-14H,1,4-5,11-12H2,(H,22,24). The van der Waals surface area contributed by atoms with Crippen LogP contribution in [0.2, 0.25) is 0 Å². The van der Waals surface area contributed by atoms with E-state index in [-0.39, 0.29) is 5.91 Å². The zero-order valence-corrected chi connectivity index (χ0v) is 15.4. The highest BCUT2D eigenvalue weighted by Crippen LogP contribution is 2.25. The number of aromatic nitrogens is 5. The second-order valence-corrected chi connectivity index (χ2v) is 7.07. The van der Waals surface area contributed by atoms with Gasteiger partial charge in [0.2, 0.25) is 0 Å². The van der Waals surface area contributed by atoms with Crippen molar-refractivity contribution >= 4 is 16.8 Å². The Balaban J connectivity index is 1.45. The van der Waals surface area contributed by atoms with Crippen LogP contribution in [-0.4, -0.2) is 49.1 Å². The number of piperidine rings is 1. The number of nitrogens with zero attached hydrogens (tertiary/aromatic N) is 5. The first kappa shape index (κ1) is 16.7. The molecule has 0 bridgehead atoms. The molecule has 3 heterocycles. The summed E-state index contributed by atoms with van der Waals surface area (Å²) in [6, 6.07) is 15.5. The zero-order valence-electron chi connectivity index (χ0n) is 15.4. The molecule has 0 atom stereocenters. The van der Waals surface area contributed by atoms with Gasteiger partial charge in [0.15, 0.2) is 0 Å². The molecule has 0 aliphatic carbocycles. The molecular weight excluding hydrogens is 352 g/mol. The van der Waals surface area contributed by atoms with E-state index in [1.54, 1.807) is 4.68 Å². The van der Waals surface area contributed by atoms with Crippen LogP contribution >= 0.6 is 0 Å². The minimum Gasteiger partial charge on any atom is -0.339 e. The van der Waals surface area contributed by atoms with E-state index < -0.39 is 0 Å². The van der Waals surface area contributed by atoms with Crippen molar-refractivity contribution in [2.24, 2.45) is 0 Å². The van der Waals surface area contributed by atoms with Crippen LogP contribution in [0.1, 0.15) is 29.6 Å². The van der Waals surface area contributed by atoms with Crippen LogP contribution in [0.15, 0.2) is 54.7 Å². The Morgan fingerprint density at radius 3 is 2.75 bits per heavy atom. The van der Waals surface area contributed by atoms with Gasteiger partial charge in [-0.05, 0) is 43.5 Å². The third kappa shape index (κ3) is 2.94. The van der Waals surface area contributed by atoms with E-state index in [1.165, 1.54) is 6.42 Å². The Kier molecular flexibility index (Phi) is 4.12. The molecule has 0 saturated carbocycles. The molecule has 5 rings (SSSR count). The van der Waals surface area contributed by atoms with Gasteiger partial charge in [-0.1, -0.05) is 29.5 Å². The van der Waals surface area contributed by atoms with Crippen LogP contribution in [-0.2, 0) is 0 Å². The number of hydrogen-bond acceptors (Lipinski definition) is 4. The normalized spacial score (nSPS) is 14.5. The summed E-state index contributed by atoms with van der Waals surface area (Å²) in [4.78, 5) is 14.7. The number of carbonyl (C=O) groups is 1. The number of rotatable bonds is 3. The van der Waals surface area contributed by atoms with E-state index in [0.29, 0.717) is 11.3 Å². The topological polar surface area (TPSA) is 79.7 Å². The van der Waals surface area contributed by atoms with Crippen LogP contribution in [0.25, 0.3) is 28.0 Å². The predicted octanol–water partition coefficient (Wildman–Crippen LogP) is 3.44. The maximum Gasteiger partial charge on any atom is 0.253 e. The van der Waals surface area contributed by atoms with Crippen molar-refractivity contribution in [3.63, 3.8) is 0 Å². The number of likely N-dealkylation sites (tertiary alicyclic amines) is 1. The van der Waals surface area contributed by atoms with Crippen molar-refractivity contribution in [1.29, 1.82) is 0 Å². The van der Waals surface area contributed by atoms with Crippen molar-refractivity contribution in [3.8, 4) is 17.1 Å². The molecule has 4 aromatic rings. The van der Waals surface area contributed by atoms with Crippen LogP contribution in [0, 0.1) is 0 Å². The van der Waals surface area contributed by atoms with Crippen LogP contribution < -0.4 is 0 Å². The SMILES string of the molecule is O=C(c1cccc(-n2cc(-c3n[nH]c4ccccc34)nn2)c1)N1CCCCC1. The molecule has 7 nitrogen and oxygen atoms in total. The third-order valence-electron chi connectivity index (χ3n) is 5.21. The fraction of sp³-hybridized carbons (Fsp3) is 0.238. The second kappa shape index (κ2) is 6.92. The molecule has 1 aliphatic heterocycles. The number of carbonyl (C=O) groups excluding carboxylic acids is 1. The number of fused-ring (bicyclic) bond motifs is 1. The Bertz CT molecular complexity index is 1140. The Morgan fingerprint density at radius 2 is 1.86 bits per heavy atom. The van der Waals surface area contributed by atoms with Gasteiger partial charge in [-0.2, -0.15) is 5.10 Å². The largest absolute Gasteiger partial charge is 0.339 e. The number of benzene rings is 2. The molecule has 2 aromatic heterocycles. The van der Waals surface area contributed by atoms with E-state index >= 15 is 0 Å². The summed E-state index contributed by atoms with van der Waals surface area (Å²) < 4.78 is 1.69. The molecule has 28 heavy (non-hydrogen) atoms. The van der Waals surface area contributed by atoms with Crippen LogP contribution in [0.4, 0.5) is 0 Å². The number of aromatic amines is 1. The molecule has 1 amide bonds. The number of nitrogens with one attached hydrogen (secondary N) is 1. The summed E-state index contributed by atoms with van der Waals surface area (Å²) in [5.74, 6) is 0.0835. The van der Waals surface area contributed by atoms with Gasteiger partial charge in [0.1, 0.15) is 11.4 Å². The van der Waals surface area contributed by atoms with Crippen LogP contribution in [0.3, 0.4) is 0 Å². The second-order valence-electron chi connectivity index (χ2n) is 7.07. The molecule has 0 unspecified atom stereocenters. The molecule has 1 aliphatic rings. The fourth-order valence-electron chi connectivity index (χ4n) is 3.72. The summed E-state index contributed by atoms with van der Waals surface area (Å²) in [5, 5.41) is 16.9. The van der Waals surface area contributed by atoms with Gasteiger partial charge >= 0.3 is 0 Å². The molecule has 1 fully saturated rings. The first-order valence-electron chi connectivity index (χ1n) is 9.55. The van der Waals surface area contributed by atoms with Gasteiger partial charge in [0.25, 0.3) is 5.91 Å². The lowest BCUT2D eigenvalue weighted by Gasteiger charge is -2.26. The van der Waals surface area contributed by atoms with Gasteiger partial charge in [-0.25, -0.2) is 4.68 Å². The lowest BCUT2D eigenvalue weighted by molar-refractivity contribution is 0.0724. The van der Waals surface area contributed by atoms with E-state index in [9.17, 15) is 4.79 Å². The van der Waals surface area contributed by atoms with E-state index in [4.69, 9.17) is 0 Å². The van der Waals surface area contributed by atoms with E-state index in [1.807, 2.05) is 59.6 Å². The summed E-state index contributed by atoms with van der Waals surface area (Å²) in [5.41, 5.74) is 3.90. The summed E-state index contributed by atoms with van der Waals surface area (Å²) in [7, 11) is 0. The highest BCUT2D eigenvalue weighted by atomic mass is 16.2. The smallest absolute Gasteiger partial charge is 0.253 e. The summed E-state index contributed by atoms with van der Waals surface area (Å²) in [6.07, 6.45) is 5.20. The first-order chi connectivity index (χ1) is 13.8. The fourth-order valence-corrected chi connectivity index (χ4v) is 3.72. The van der Waals surface area contributed by atoms with E-state index in [0.717, 1.165) is 48.2 Å². The van der Waals surface area contributed by atoms with Crippen molar-refractivity contribution in [2.45, 2.75) is 19.3 Å². The van der Waals surface area contributed by atoms with Gasteiger partial charge < -0.3 is 4.90 Å². The molecule has 7 heteroatoms. The van der Waals surface area contributed by atoms with Crippen molar-refractivity contribution in [1.82, 2.24) is 30.1 Å². The maximum atomic E-state index is 12.8. The lowest BCUT2D eigenvalue weighted by atomic mass is 10.1. The van der Waals surface area contributed by atoms with Crippen molar-refractivity contribution < 1.29 is 4.79 Å². The average Bonchev–Trinajstić information content (AvgIpc) is 3.41. The Labute approximate surface area is 162 Å². The molecular formula is C21H20N6O. The highest BCUT2D eigenvalue weighted by molar-refractivity contribution is 5.95. The highest BCUT2D eigenvalue weighted by Gasteiger charge is 2.19. The first-order valence-corrected chi connectivity index (χ1v) is 9.55. The maximum absolute atomic E-state index is 12.8. The lowest BCUT2D eigenvalue weighted by Crippen LogP contribution is -2.35. The molecule has 1 N–H and O–H groups in total. The van der Waals surface area contributed by atoms with Gasteiger partial charge in [0, 0.05) is 24.0 Å². The monoisotopic (exact) mass is 372 g/mol. The number of para-hydroxylation sites is 1. The Hall–Kier alpha value is -3.48. The minimum atomic E-state index is 0.0835. The predicted molar refractivity (Wildman–Crippen MR) is 106 cm³/mol. The Morgan fingerprint density at radius 1 is 1.00 bits per heavy atom. The number of H-pyrrole nitrogens is 1. The molecule has 1 saturated heterocycles. The third-order valence-corrected chi connectivity index (χ3v) is 5.21. The van der Waals surface area contributed by atoms with Crippen molar-refractivity contribution in [2.75, 3.05) is 13.1 Å². The zero-order chi connectivity index (χ0) is 18.9. The summed E-state index contributed by atoms with van der Waals surface area (Å²) >= 11 is 0. The number of hydrogen-bond donors (Lipinski definition) is 1. The van der Waals surface area contributed by atoms with Gasteiger partial charge in [0.05, 0.1) is 17.4 Å². The summed E-state index contributed by atoms with van der Waals surface area (Å²) in [6.45, 7) is 1.67. The number of amides is 1. The van der Waals surface area contributed by atoms with Gasteiger partial charge in [-0.15, -0.1) is 5.10 Å². The molecule has 0 spiro atoms. The van der Waals surface area contributed by atoms with Crippen molar-refractivity contribution in [3.05, 3.63) is 60.3 Å². The van der Waals surface area contributed by atoms with Gasteiger partial charge in [-0.3, -0.25) is 9.89 Å². The minimum absolute atomic E-state index is 0.0835. The molecule has 2 aromatic carbocycles. The van der Waals surface area contributed by atoms with Crippen LogP contribution in [0.5, 0.6) is 0 Å². The quantitative estimate of drug-likeness (QED) is 0.597. The molecule has 0 radical (unpaired) electrons.